The van der Waals surface area contributed by atoms with Gasteiger partial charge >= 0.3 is 0 Å². The summed E-state index contributed by atoms with van der Waals surface area (Å²) in [4.78, 5) is 11.9. The van der Waals surface area contributed by atoms with E-state index in [9.17, 15) is 4.79 Å². The van der Waals surface area contributed by atoms with Crippen molar-refractivity contribution in [1.82, 2.24) is 5.32 Å². The monoisotopic (exact) mass is 279 g/mol. The van der Waals surface area contributed by atoms with Crippen molar-refractivity contribution < 1.29 is 19.0 Å². The third kappa shape index (κ3) is 3.22. The van der Waals surface area contributed by atoms with Gasteiger partial charge in [-0.2, -0.15) is 0 Å². The molecule has 2 rings (SSSR count). The molecule has 110 valence electrons. The van der Waals surface area contributed by atoms with E-state index in [0.29, 0.717) is 24.7 Å². The van der Waals surface area contributed by atoms with E-state index in [1.165, 1.54) is 0 Å². The van der Waals surface area contributed by atoms with Gasteiger partial charge in [-0.3, -0.25) is 4.79 Å². The van der Waals surface area contributed by atoms with E-state index in [1.807, 2.05) is 19.1 Å². The summed E-state index contributed by atoms with van der Waals surface area (Å²) < 4.78 is 15.9. The van der Waals surface area contributed by atoms with Crippen LogP contribution in [0.15, 0.2) is 12.1 Å². The average molecular weight is 279 g/mol. The SMILES string of the molecule is COc1cc(C)c(CNC(=O)C2CCCO2)cc1OC. The maximum absolute atomic E-state index is 11.9. The highest BCUT2D eigenvalue weighted by atomic mass is 16.5. The van der Waals surface area contributed by atoms with Crippen molar-refractivity contribution in [2.24, 2.45) is 0 Å². The lowest BCUT2D eigenvalue weighted by molar-refractivity contribution is -0.130. The van der Waals surface area contributed by atoms with Gasteiger partial charge in [0.1, 0.15) is 6.10 Å². The van der Waals surface area contributed by atoms with Gasteiger partial charge in [-0.15, -0.1) is 0 Å². The number of carbonyl (C=O) groups excluding carboxylic acids is 1. The molecule has 1 saturated heterocycles. The summed E-state index contributed by atoms with van der Waals surface area (Å²) in [5.41, 5.74) is 2.06. The van der Waals surface area contributed by atoms with Gasteiger partial charge in [-0.1, -0.05) is 0 Å². The van der Waals surface area contributed by atoms with Crippen LogP contribution in [-0.2, 0) is 16.1 Å². The van der Waals surface area contributed by atoms with E-state index in [4.69, 9.17) is 14.2 Å². The number of ether oxygens (including phenoxy) is 3. The molecule has 0 aliphatic carbocycles. The second-order valence-electron chi connectivity index (χ2n) is 4.85. The predicted octanol–water partition coefficient (Wildman–Crippen LogP) is 1.81. The molecule has 1 fully saturated rings. The fourth-order valence-electron chi connectivity index (χ4n) is 2.29. The van der Waals surface area contributed by atoms with Crippen LogP contribution in [0, 0.1) is 6.92 Å². The molecule has 0 saturated carbocycles. The van der Waals surface area contributed by atoms with Crippen molar-refractivity contribution in [1.29, 1.82) is 0 Å². The molecule has 1 amide bonds. The van der Waals surface area contributed by atoms with Gasteiger partial charge in [0.25, 0.3) is 0 Å². The third-order valence-electron chi connectivity index (χ3n) is 3.52. The number of nitrogens with one attached hydrogen (secondary N) is 1. The molecule has 0 spiro atoms. The molecule has 5 nitrogen and oxygen atoms in total. The maximum atomic E-state index is 11.9. The van der Waals surface area contributed by atoms with Gasteiger partial charge in [-0.05, 0) is 43.0 Å². The second kappa shape index (κ2) is 6.61. The van der Waals surface area contributed by atoms with Crippen molar-refractivity contribution in [3.63, 3.8) is 0 Å². The van der Waals surface area contributed by atoms with E-state index < -0.39 is 0 Å². The Bertz CT molecular complexity index is 481. The van der Waals surface area contributed by atoms with Crippen molar-refractivity contribution in [3.8, 4) is 11.5 Å². The van der Waals surface area contributed by atoms with Gasteiger partial charge in [0.05, 0.1) is 14.2 Å². The summed E-state index contributed by atoms with van der Waals surface area (Å²) in [7, 11) is 3.21. The number of hydrogen-bond acceptors (Lipinski definition) is 4. The molecule has 1 unspecified atom stereocenters. The lowest BCUT2D eigenvalue weighted by atomic mass is 10.1. The second-order valence-corrected chi connectivity index (χ2v) is 4.85. The Kier molecular flexibility index (Phi) is 4.84. The van der Waals surface area contributed by atoms with E-state index in [0.717, 1.165) is 24.0 Å². The van der Waals surface area contributed by atoms with Crippen molar-refractivity contribution >= 4 is 5.91 Å². The minimum atomic E-state index is -0.296. The molecule has 1 aromatic rings. The van der Waals surface area contributed by atoms with Crippen molar-refractivity contribution in [2.45, 2.75) is 32.4 Å². The van der Waals surface area contributed by atoms with Gasteiger partial charge < -0.3 is 19.5 Å². The molecule has 1 atom stereocenters. The summed E-state index contributed by atoms with van der Waals surface area (Å²) in [5, 5.41) is 2.91. The minimum absolute atomic E-state index is 0.0447. The predicted molar refractivity (Wildman–Crippen MR) is 75.1 cm³/mol. The fraction of sp³-hybridized carbons (Fsp3) is 0.533. The van der Waals surface area contributed by atoms with Crippen LogP contribution in [0.4, 0.5) is 0 Å². The number of amides is 1. The molecule has 20 heavy (non-hydrogen) atoms. The van der Waals surface area contributed by atoms with Crippen LogP contribution in [0.2, 0.25) is 0 Å². The van der Waals surface area contributed by atoms with Gasteiger partial charge in [-0.25, -0.2) is 0 Å². The largest absolute Gasteiger partial charge is 0.493 e. The zero-order chi connectivity index (χ0) is 14.5. The smallest absolute Gasteiger partial charge is 0.249 e. The van der Waals surface area contributed by atoms with Crippen LogP contribution in [0.1, 0.15) is 24.0 Å². The first-order valence-electron chi connectivity index (χ1n) is 6.76. The summed E-state index contributed by atoms with van der Waals surface area (Å²) >= 11 is 0. The molecular formula is C15H21NO4. The van der Waals surface area contributed by atoms with E-state index in [-0.39, 0.29) is 12.0 Å². The quantitative estimate of drug-likeness (QED) is 0.893. The van der Waals surface area contributed by atoms with Crippen LogP contribution >= 0.6 is 0 Å². The van der Waals surface area contributed by atoms with E-state index in [1.54, 1.807) is 14.2 Å². The van der Waals surface area contributed by atoms with Crippen molar-refractivity contribution in [2.75, 3.05) is 20.8 Å². The van der Waals surface area contributed by atoms with Gasteiger partial charge in [0, 0.05) is 13.2 Å². The topological polar surface area (TPSA) is 56.8 Å². The van der Waals surface area contributed by atoms with E-state index in [2.05, 4.69) is 5.32 Å². The molecule has 1 N–H and O–H groups in total. The Morgan fingerprint density at radius 2 is 2.05 bits per heavy atom. The zero-order valence-corrected chi connectivity index (χ0v) is 12.2. The molecule has 5 heteroatoms. The Hall–Kier alpha value is -1.75. The maximum Gasteiger partial charge on any atom is 0.249 e. The highest BCUT2D eigenvalue weighted by Gasteiger charge is 2.23. The molecule has 1 aliphatic rings. The van der Waals surface area contributed by atoms with Gasteiger partial charge in [0.15, 0.2) is 11.5 Å². The third-order valence-corrected chi connectivity index (χ3v) is 3.52. The lowest BCUT2D eigenvalue weighted by Crippen LogP contribution is -2.33. The highest BCUT2D eigenvalue weighted by molar-refractivity contribution is 5.81. The first kappa shape index (κ1) is 14.7. The molecule has 0 bridgehead atoms. The van der Waals surface area contributed by atoms with E-state index >= 15 is 0 Å². The molecule has 1 aliphatic heterocycles. The number of carbonyl (C=O) groups is 1. The molecule has 0 radical (unpaired) electrons. The summed E-state index contributed by atoms with van der Waals surface area (Å²) in [6.45, 7) is 3.12. The van der Waals surface area contributed by atoms with Crippen molar-refractivity contribution in [3.05, 3.63) is 23.3 Å². The standard InChI is InChI=1S/C15H21NO4/c1-10-7-13(18-2)14(19-3)8-11(10)9-16-15(17)12-5-4-6-20-12/h7-8,12H,4-6,9H2,1-3H3,(H,16,17). The minimum Gasteiger partial charge on any atom is -0.493 e. The molecule has 1 aromatic carbocycles. The Balaban J connectivity index is 2.03. The first-order valence-corrected chi connectivity index (χ1v) is 6.76. The number of rotatable bonds is 5. The number of aryl methyl sites for hydroxylation is 1. The summed E-state index contributed by atoms with van der Waals surface area (Å²) in [6, 6.07) is 3.80. The van der Waals surface area contributed by atoms with Crippen LogP contribution in [0.3, 0.4) is 0 Å². The normalized spacial score (nSPS) is 17.9. The zero-order valence-electron chi connectivity index (χ0n) is 12.2. The Morgan fingerprint density at radius 1 is 1.35 bits per heavy atom. The molecule has 1 heterocycles. The number of methoxy groups -OCH3 is 2. The Labute approximate surface area is 119 Å². The van der Waals surface area contributed by atoms with Crippen LogP contribution in [0.25, 0.3) is 0 Å². The number of benzene rings is 1. The molecule has 0 aromatic heterocycles. The lowest BCUT2D eigenvalue weighted by Gasteiger charge is -2.14. The van der Waals surface area contributed by atoms with Crippen LogP contribution < -0.4 is 14.8 Å². The fourth-order valence-corrected chi connectivity index (χ4v) is 2.29. The Morgan fingerprint density at radius 3 is 2.65 bits per heavy atom. The van der Waals surface area contributed by atoms with Gasteiger partial charge in [0.2, 0.25) is 5.91 Å². The average Bonchev–Trinajstić information content (AvgIpc) is 2.99. The highest BCUT2D eigenvalue weighted by Crippen LogP contribution is 2.30. The summed E-state index contributed by atoms with van der Waals surface area (Å²) in [6.07, 6.45) is 1.46. The molecular weight excluding hydrogens is 258 g/mol. The van der Waals surface area contributed by atoms with Crippen LogP contribution in [-0.4, -0.2) is 32.8 Å². The van der Waals surface area contributed by atoms with Crippen LogP contribution in [0.5, 0.6) is 11.5 Å². The number of hydrogen-bond donors (Lipinski definition) is 1. The summed E-state index contributed by atoms with van der Waals surface area (Å²) in [5.74, 6) is 1.32. The first-order chi connectivity index (χ1) is 9.65.